The quantitative estimate of drug-likeness (QED) is 0.863. The molecule has 2 heterocycles. The van der Waals surface area contributed by atoms with E-state index in [9.17, 15) is 4.79 Å². The molecule has 0 aromatic carbocycles. The number of hydrogen-bond donors (Lipinski definition) is 1. The molecule has 2 aromatic rings. The van der Waals surface area contributed by atoms with Crippen molar-refractivity contribution in [3.8, 4) is 10.8 Å². The van der Waals surface area contributed by atoms with Crippen molar-refractivity contribution in [2.45, 2.75) is 0 Å². The Labute approximate surface area is 103 Å². The molecule has 0 atom stereocenters. The Morgan fingerprint density at radius 1 is 1.62 bits per heavy atom. The van der Waals surface area contributed by atoms with Crippen LogP contribution in [0.5, 0.6) is 0 Å². The van der Waals surface area contributed by atoms with Crippen molar-refractivity contribution in [1.82, 2.24) is 4.98 Å². The summed E-state index contributed by atoms with van der Waals surface area (Å²) >= 11 is 4.36. The first-order chi connectivity index (χ1) is 7.61. The van der Waals surface area contributed by atoms with Gasteiger partial charge in [0.1, 0.15) is 5.00 Å². The van der Waals surface area contributed by atoms with Crippen molar-refractivity contribution in [2.75, 3.05) is 12.8 Å². The molecule has 0 aliphatic heterocycles. The molecule has 0 unspecified atom stereocenters. The normalized spacial score (nSPS) is 10.4. The molecule has 0 aliphatic rings. The molecule has 0 saturated carbocycles. The van der Waals surface area contributed by atoms with Gasteiger partial charge in [-0.3, -0.25) is 0 Å². The van der Waals surface area contributed by atoms with Gasteiger partial charge in [0, 0.05) is 0 Å². The van der Waals surface area contributed by atoms with Crippen LogP contribution in [0.3, 0.4) is 0 Å². The number of halogens is 1. The van der Waals surface area contributed by atoms with E-state index in [0.717, 1.165) is 0 Å². The highest BCUT2D eigenvalue weighted by molar-refractivity contribution is 9.10. The molecule has 84 valence electrons. The Kier molecular flexibility index (Phi) is 2.97. The Morgan fingerprint density at radius 3 is 2.94 bits per heavy atom. The number of thiazole rings is 1. The number of ether oxygens (including phenoxy) is 1. The number of nitrogens with two attached hydrogens (primary N) is 1. The summed E-state index contributed by atoms with van der Waals surface area (Å²) in [5.74, 6) is 0.00403. The molecule has 0 saturated heterocycles. The van der Waals surface area contributed by atoms with E-state index in [2.05, 4.69) is 25.7 Å². The van der Waals surface area contributed by atoms with Crippen LogP contribution in [-0.4, -0.2) is 18.1 Å². The number of anilines is 1. The second-order valence-electron chi connectivity index (χ2n) is 2.83. The average molecular weight is 303 g/mol. The van der Waals surface area contributed by atoms with Gasteiger partial charge in [0.15, 0.2) is 21.1 Å². The predicted octanol–water partition coefficient (Wildman–Crippen LogP) is 2.53. The van der Waals surface area contributed by atoms with E-state index < -0.39 is 5.97 Å². The number of esters is 1. The van der Waals surface area contributed by atoms with Crippen LogP contribution in [0.15, 0.2) is 21.2 Å². The van der Waals surface area contributed by atoms with Gasteiger partial charge in [-0.05, 0) is 28.1 Å². The average Bonchev–Trinajstić information content (AvgIpc) is 2.83. The zero-order chi connectivity index (χ0) is 11.7. The third kappa shape index (κ3) is 1.96. The van der Waals surface area contributed by atoms with Crippen molar-refractivity contribution in [1.29, 1.82) is 0 Å². The van der Waals surface area contributed by atoms with Crippen LogP contribution in [0.25, 0.3) is 10.8 Å². The molecular formula is C9H7BrN2O3S. The fourth-order valence-corrected chi connectivity index (χ4v) is 2.20. The number of hydrogen-bond acceptors (Lipinski definition) is 6. The maximum atomic E-state index is 11.3. The van der Waals surface area contributed by atoms with E-state index in [1.807, 2.05) is 0 Å². The summed E-state index contributed by atoms with van der Waals surface area (Å²) in [6, 6.07) is 3.48. The zero-order valence-electron chi connectivity index (χ0n) is 8.19. The standard InChI is InChI=1S/C9H7BrN2O3S/c1-14-9(13)6-7(11)16-8(12-6)4-2-3-5(10)15-4/h2-3H,11H2,1H3. The summed E-state index contributed by atoms with van der Waals surface area (Å²) < 4.78 is 10.5. The predicted molar refractivity (Wildman–Crippen MR) is 63.3 cm³/mol. The highest BCUT2D eigenvalue weighted by Gasteiger charge is 2.18. The molecular weight excluding hydrogens is 296 g/mol. The number of carbonyl (C=O) groups is 1. The van der Waals surface area contributed by atoms with Crippen molar-refractivity contribution >= 4 is 38.2 Å². The minimum absolute atomic E-state index is 0.120. The van der Waals surface area contributed by atoms with Crippen LogP contribution < -0.4 is 5.73 Å². The second-order valence-corrected chi connectivity index (χ2v) is 4.64. The van der Waals surface area contributed by atoms with Gasteiger partial charge in [-0.25, -0.2) is 9.78 Å². The lowest BCUT2D eigenvalue weighted by Gasteiger charge is -1.93. The van der Waals surface area contributed by atoms with Crippen LogP contribution in [0.1, 0.15) is 10.5 Å². The van der Waals surface area contributed by atoms with Gasteiger partial charge in [0.05, 0.1) is 7.11 Å². The number of furan rings is 1. The lowest BCUT2D eigenvalue weighted by atomic mass is 10.4. The SMILES string of the molecule is COC(=O)c1nc(-c2ccc(Br)o2)sc1N. The summed E-state index contributed by atoms with van der Waals surface area (Å²) in [5.41, 5.74) is 5.78. The van der Waals surface area contributed by atoms with Crippen molar-refractivity contribution in [3.05, 3.63) is 22.5 Å². The zero-order valence-corrected chi connectivity index (χ0v) is 10.6. The van der Waals surface area contributed by atoms with Gasteiger partial charge in [0.25, 0.3) is 0 Å². The summed E-state index contributed by atoms with van der Waals surface area (Å²) in [5, 5.41) is 0.859. The Bertz CT molecular complexity index is 535. The molecule has 0 aliphatic carbocycles. The van der Waals surface area contributed by atoms with E-state index in [1.54, 1.807) is 12.1 Å². The first kappa shape index (κ1) is 11.2. The Morgan fingerprint density at radius 2 is 2.38 bits per heavy atom. The molecule has 16 heavy (non-hydrogen) atoms. The third-order valence-corrected chi connectivity index (χ3v) is 3.14. The lowest BCUT2D eigenvalue weighted by Crippen LogP contribution is -2.04. The number of nitrogens with zero attached hydrogens (tertiary/aromatic N) is 1. The van der Waals surface area contributed by atoms with E-state index in [-0.39, 0.29) is 5.69 Å². The summed E-state index contributed by atoms with van der Waals surface area (Å²) in [6.45, 7) is 0. The molecule has 0 bridgehead atoms. The monoisotopic (exact) mass is 302 g/mol. The maximum Gasteiger partial charge on any atom is 0.359 e. The van der Waals surface area contributed by atoms with Crippen LogP contribution in [0.2, 0.25) is 0 Å². The van der Waals surface area contributed by atoms with Crippen LogP contribution >= 0.6 is 27.3 Å². The van der Waals surface area contributed by atoms with Gasteiger partial charge >= 0.3 is 5.97 Å². The Hall–Kier alpha value is -1.34. The van der Waals surface area contributed by atoms with Crippen molar-refractivity contribution in [2.24, 2.45) is 0 Å². The Balaban J connectivity index is 2.41. The van der Waals surface area contributed by atoms with E-state index in [0.29, 0.717) is 20.4 Å². The lowest BCUT2D eigenvalue weighted by molar-refractivity contribution is 0.0596. The first-order valence-electron chi connectivity index (χ1n) is 4.22. The van der Waals surface area contributed by atoms with E-state index in [4.69, 9.17) is 10.2 Å². The topological polar surface area (TPSA) is 78.3 Å². The van der Waals surface area contributed by atoms with Crippen molar-refractivity contribution < 1.29 is 13.9 Å². The van der Waals surface area contributed by atoms with Gasteiger partial charge in [-0.2, -0.15) is 0 Å². The molecule has 7 heteroatoms. The summed E-state index contributed by atoms with van der Waals surface area (Å²) in [4.78, 5) is 15.4. The highest BCUT2D eigenvalue weighted by Crippen LogP contribution is 2.32. The van der Waals surface area contributed by atoms with Gasteiger partial charge in [-0.15, -0.1) is 0 Å². The fraction of sp³-hybridized carbons (Fsp3) is 0.111. The number of methoxy groups -OCH3 is 1. The molecule has 2 rings (SSSR count). The largest absolute Gasteiger partial charge is 0.464 e. The number of aromatic nitrogens is 1. The van der Waals surface area contributed by atoms with Crippen LogP contribution in [0.4, 0.5) is 5.00 Å². The molecule has 0 radical (unpaired) electrons. The van der Waals surface area contributed by atoms with Gasteiger partial charge in [0.2, 0.25) is 0 Å². The van der Waals surface area contributed by atoms with E-state index >= 15 is 0 Å². The van der Waals surface area contributed by atoms with Gasteiger partial charge < -0.3 is 14.9 Å². The summed E-state index contributed by atoms with van der Waals surface area (Å²) in [6.07, 6.45) is 0. The number of carbonyl (C=O) groups excluding carboxylic acids is 1. The van der Waals surface area contributed by atoms with Crippen LogP contribution in [-0.2, 0) is 4.74 Å². The highest BCUT2D eigenvalue weighted by atomic mass is 79.9. The van der Waals surface area contributed by atoms with E-state index in [1.165, 1.54) is 18.4 Å². The molecule has 0 fully saturated rings. The maximum absolute atomic E-state index is 11.3. The molecule has 2 aromatic heterocycles. The van der Waals surface area contributed by atoms with Crippen molar-refractivity contribution in [3.63, 3.8) is 0 Å². The molecule has 0 spiro atoms. The van der Waals surface area contributed by atoms with Gasteiger partial charge in [-0.1, -0.05) is 11.3 Å². The minimum atomic E-state index is -0.550. The smallest absolute Gasteiger partial charge is 0.359 e. The third-order valence-electron chi connectivity index (χ3n) is 1.82. The summed E-state index contributed by atoms with van der Waals surface area (Å²) in [7, 11) is 1.28. The number of nitrogen functional groups attached to an aromatic ring is 1. The second kappa shape index (κ2) is 4.26. The molecule has 2 N–H and O–H groups in total. The molecule has 0 amide bonds. The van der Waals surface area contributed by atoms with Crippen LogP contribution in [0, 0.1) is 0 Å². The number of rotatable bonds is 2. The fourth-order valence-electron chi connectivity index (χ4n) is 1.11. The molecule has 5 nitrogen and oxygen atoms in total. The minimum Gasteiger partial charge on any atom is -0.464 e. The first-order valence-corrected chi connectivity index (χ1v) is 5.83.